The van der Waals surface area contributed by atoms with Gasteiger partial charge in [0, 0.05) is 37.9 Å². The molecule has 1 atom stereocenters. The molecule has 1 aliphatic rings. The number of hydrogen-bond acceptors (Lipinski definition) is 4. The summed E-state index contributed by atoms with van der Waals surface area (Å²) in [6, 6.07) is 7.95. The molecule has 0 radical (unpaired) electrons. The molecule has 1 unspecified atom stereocenters. The minimum absolute atomic E-state index is 0. The van der Waals surface area contributed by atoms with Crippen molar-refractivity contribution in [3.8, 4) is 11.3 Å². The zero-order chi connectivity index (χ0) is 19.8. The van der Waals surface area contributed by atoms with Crippen LogP contribution in [0, 0.1) is 19.7 Å². The van der Waals surface area contributed by atoms with Crippen molar-refractivity contribution in [3.05, 3.63) is 58.8 Å². The van der Waals surface area contributed by atoms with Gasteiger partial charge in [-0.15, -0.1) is 12.4 Å². The molecular formula is C20H24ClFN6O. The second-order valence-electron chi connectivity index (χ2n) is 7.11. The number of carbonyl (C=O) groups excluding carboxylic acids is 1. The number of aromatic amines is 1. The van der Waals surface area contributed by atoms with Gasteiger partial charge < -0.3 is 10.2 Å². The fourth-order valence-electron chi connectivity index (χ4n) is 3.82. The summed E-state index contributed by atoms with van der Waals surface area (Å²) in [6.07, 6.45) is 0. The zero-order valence-corrected chi connectivity index (χ0v) is 17.4. The van der Waals surface area contributed by atoms with E-state index in [4.69, 9.17) is 0 Å². The number of nitrogens with zero attached hydrogens (tertiary/aromatic N) is 4. The summed E-state index contributed by atoms with van der Waals surface area (Å²) in [5.41, 5.74) is 4.68. The highest BCUT2D eigenvalue weighted by Gasteiger charge is 2.30. The highest BCUT2D eigenvalue weighted by atomic mass is 35.5. The molecule has 29 heavy (non-hydrogen) atoms. The Bertz CT molecular complexity index is 1030. The van der Waals surface area contributed by atoms with Crippen LogP contribution in [0.1, 0.15) is 33.5 Å². The number of aromatic nitrogens is 4. The van der Waals surface area contributed by atoms with E-state index in [1.54, 1.807) is 21.7 Å². The number of H-pyrrole nitrogens is 1. The third-order valence-electron chi connectivity index (χ3n) is 5.31. The highest BCUT2D eigenvalue weighted by Crippen LogP contribution is 2.28. The number of benzene rings is 1. The molecule has 154 valence electrons. The Kier molecular flexibility index (Phi) is 6.04. The fourth-order valence-corrected chi connectivity index (χ4v) is 3.82. The number of hydrogen-bond donors (Lipinski definition) is 2. The van der Waals surface area contributed by atoms with Crippen LogP contribution in [0.4, 0.5) is 4.39 Å². The van der Waals surface area contributed by atoms with Crippen LogP contribution in [0.15, 0.2) is 30.3 Å². The number of amides is 1. The molecule has 4 rings (SSSR count). The third-order valence-corrected chi connectivity index (χ3v) is 5.31. The molecule has 0 spiro atoms. The van der Waals surface area contributed by atoms with E-state index in [-0.39, 0.29) is 30.2 Å². The van der Waals surface area contributed by atoms with Gasteiger partial charge in [-0.2, -0.15) is 10.2 Å². The van der Waals surface area contributed by atoms with Crippen molar-refractivity contribution in [1.82, 2.24) is 30.2 Å². The first-order valence-corrected chi connectivity index (χ1v) is 9.29. The van der Waals surface area contributed by atoms with E-state index in [1.807, 2.05) is 27.0 Å². The Morgan fingerprint density at radius 3 is 2.76 bits per heavy atom. The molecule has 3 aromatic rings. The minimum Gasteiger partial charge on any atom is -0.328 e. The SMILES string of the molecule is Cc1nn(C)c(C)c1-c1cc(C(=O)N2CCNCC2c2cccc(F)c2)[nH]n1.Cl. The number of aryl methyl sites for hydroxylation is 2. The summed E-state index contributed by atoms with van der Waals surface area (Å²) in [7, 11) is 1.88. The highest BCUT2D eigenvalue weighted by molar-refractivity contribution is 5.94. The smallest absolute Gasteiger partial charge is 0.272 e. The molecule has 1 saturated heterocycles. The Hall–Kier alpha value is -2.71. The number of carbonyl (C=O) groups is 1. The number of piperazine rings is 1. The van der Waals surface area contributed by atoms with Crippen LogP contribution in [-0.4, -0.2) is 50.4 Å². The molecule has 1 aliphatic heterocycles. The molecule has 3 heterocycles. The van der Waals surface area contributed by atoms with Crippen molar-refractivity contribution >= 4 is 18.3 Å². The lowest BCUT2D eigenvalue weighted by Crippen LogP contribution is -2.48. The van der Waals surface area contributed by atoms with Crippen molar-refractivity contribution in [3.63, 3.8) is 0 Å². The van der Waals surface area contributed by atoms with E-state index in [2.05, 4.69) is 20.6 Å². The standard InChI is InChI=1S/C20H23FN6O.ClH/c1-12-19(13(2)26(3)25-12)16-10-17(24-23-16)20(28)27-8-7-22-11-18(27)14-5-4-6-15(21)9-14;/h4-6,9-10,18,22H,7-8,11H2,1-3H3,(H,23,24);1H. The third kappa shape index (κ3) is 3.90. The molecule has 9 heteroatoms. The molecule has 1 amide bonds. The molecule has 2 N–H and O–H groups in total. The van der Waals surface area contributed by atoms with Gasteiger partial charge in [0.2, 0.25) is 0 Å². The van der Waals surface area contributed by atoms with Gasteiger partial charge in [0.05, 0.1) is 17.4 Å². The van der Waals surface area contributed by atoms with Gasteiger partial charge in [0.25, 0.3) is 5.91 Å². The van der Waals surface area contributed by atoms with Gasteiger partial charge in [0.1, 0.15) is 11.5 Å². The summed E-state index contributed by atoms with van der Waals surface area (Å²) in [5, 5.41) is 14.9. The Labute approximate surface area is 174 Å². The van der Waals surface area contributed by atoms with E-state index in [0.717, 1.165) is 22.5 Å². The van der Waals surface area contributed by atoms with E-state index < -0.39 is 0 Å². The fraction of sp³-hybridized carbons (Fsp3) is 0.350. The first kappa shape index (κ1) is 21.0. The average molecular weight is 419 g/mol. The molecule has 0 saturated carbocycles. The van der Waals surface area contributed by atoms with Crippen LogP contribution in [0.3, 0.4) is 0 Å². The maximum absolute atomic E-state index is 13.7. The van der Waals surface area contributed by atoms with Crippen molar-refractivity contribution in [2.24, 2.45) is 7.05 Å². The van der Waals surface area contributed by atoms with Gasteiger partial charge in [-0.3, -0.25) is 14.6 Å². The maximum atomic E-state index is 13.7. The van der Waals surface area contributed by atoms with Crippen molar-refractivity contribution in [2.45, 2.75) is 19.9 Å². The summed E-state index contributed by atoms with van der Waals surface area (Å²) in [5.74, 6) is -0.449. The molecule has 2 aromatic heterocycles. The zero-order valence-electron chi connectivity index (χ0n) is 16.6. The summed E-state index contributed by atoms with van der Waals surface area (Å²) in [4.78, 5) is 15.0. The maximum Gasteiger partial charge on any atom is 0.272 e. The molecule has 1 fully saturated rings. The van der Waals surface area contributed by atoms with Gasteiger partial charge >= 0.3 is 0 Å². The first-order chi connectivity index (χ1) is 13.5. The van der Waals surface area contributed by atoms with Crippen molar-refractivity contribution in [2.75, 3.05) is 19.6 Å². The predicted molar refractivity (Wildman–Crippen MR) is 111 cm³/mol. The molecular weight excluding hydrogens is 395 g/mol. The van der Waals surface area contributed by atoms with Gasteiger partial charge in [-0.1, -0.05) is 12.1 Å². The summed E-state index contributed by atoms with van der Waals surface area (Å²) in [6.45, 7) is 5.71. The van der Waals surface area contributed by atoms with E-state index in [0.29, 0.717) is 31.0 Å². The summed E-state index contributed by atoms with van der Waals surface area (Å²) < 4.78 is 15.5. The minimum atomic E-state index is -0.304. The van der Waals surface area contributed by atoms with Gasteiger partial charge in [-0.05, 0) is 37.6 Å². The number of halogens is 2. The van der Waals surface area contributed by atoms with E-state index >= 15 is 0 Å². The normalized spacial score (nSPS) is 16.6. The Morgan fingerprint density at radius 2 is 2.07 bits per heavy atom. The predicted octanol–water partition coefficient (Wildman–Crippen LogP) is 2.77. The lowest BCUT2D eigenvalue weighted by Gasteiger charge is -2.36. The van der Waals surface area contributed by atoms with E-state index in [1.165, 1.54) is 12.1 Å². The van der Waals surface area contributed by atoms with Crippen LogP contribution in [0.5, 0.6) is 0 Å². The lowest BCUT2D eigenvalue weighted by molar-refractivity contribution is 0.0628. The number of rotatable bonds is 3. The molecule has 1 aromatic carbocycles. The monoisotopic (exact) mass is 418 g/mol. The molecule has 0 bridgehead atoms. The quantitative estimate of drug-likeness (QED) is 0.685. The van der Waals surface area contributed by atoms with Crippen LogP contribution in [-0.2, 0) is 7.05 Å². The van der Waals surface area contributed by atoms with Crippen molar-refractivity contribution < 1.29 is 9.18 Å². The Morgan fingerprint density at radius 1 is 1.28 bits per heavy atom. The Balaban J connectivity index is 0.00000240. The molecule has 0 aliphatic carbocycles. The van der Waals surface area contributed by atoms with Crippen LogP contribution < -0.4 is 5.32 Å². The topological polar surface area (TPSA) is 78.8 Å². The lowest BCUT2D eigenvalue weighted by atomic mass is 10.0. The second kappa shape index (κ2) is 8.34. The number of nitrogens with one attached hydrogen (secondary N) is 2. The average Bonchev–Trinajstić information content (AvgIpc) is 3.26. The van der Waals surface area contributed by atoms with Crippen LogP contribution in [0.2, 0.25) is 0 Å². The second-order valence-corrected chi connectivity index (χ2v) is 7.11. The summed E-state index contributed by atoms with van der Waals surface area (Å²) >= 11 is 0. The first-order valence-electron chi connectivity index (χ1n) is 9.29. The van der Waals surface area contributed by atoms with Crippen LogP contribution >= 0.6 is 12.4 Å². The van der Waals surface area contributed by atoms with E-state index in [9.17, 15) is 9.18 Å². The molecule has 7 nitrogen and oxygen atoms in total. The van der Waals surface area contributed by atoms with Gasteiger partial charge in [0.15, 0.2) is 0 Å². The van der Waals surface area contributed by atoms with Crippen LogP contribution in [0.25, 0.3) is 11.3 Å². The van der Waals surface area contributed by atoms with Gasteiger partial charge in [-0.25, -0.2) is 4.39 Å². The van der Waals surface area contributed by atoms with Crippen molar-refractivity contribution in [1.29, 1.82) is 0 Å². The largest absolute Gasteiger partial charge is 0.328 e.